The summed E-state index contributed by atoms with van der Waals surface area (Å²) in [5, 5.41) is 3.32. The molecule has 4 heteroatoms. The molecule has 102 valence electrons. The van der Waals surface area contributed by atoms with Gasteiger partial charge in [0.15, 0.2) is 0 Å². The van der Waals surface area contributed by atoms with Gasteiger partial charge in [0.25, 0.3) is 0 Å². The maximum Gasteiger partial charge on any atom is 0.127 e. The minimum atomic E-state index is 0.240. The van der Waals surface area contributed by atoms with Gasteiger partial charge in [0, 0.05) is 17.7 Å². The first-order valence-electron chi connectivity index (χ1n) is 6.25. The van der Waals surface area contributed by atoms with Gasteiger partial charge >= 0.3 is 0 Å². The predicted molar refractivity (Wildman–Crippen MR) is 74.2 cm³/mol. The van der Waals surface area contributed by atoms with Crippen molar-refractivity contribution in [1.82, 2.24) is 5.32 Å². The van der Waals surface area contributed by atoms with Gasteiger partial charge in [0.05, 0.1) is 14.2 Å². The van der Waals surface area contributed by atoms with Crippen LogP contribution in [0.25, 0.3) is 0 Å². The number of rotatable bonds is 7. The molecule has 0 amide bonds. The normalized spacial score (nSPS) is 14.1. The molecule has 0 fully saturated rings. The average Bonchev–Trinajstić information content (AvgIpc) is 2.43. The Hall–Kier alpha value is -1.26. The highest BCUT2D eigenvalue weighted by Gasteiger charge is 2.17. The van der Waals surface area contributed by atoms with Gasteiger partial charge in [-0.05, 0) is 32.0 Å². The molecule has 0 aromatic heterocycles. The highest BCUT2D eigenvalue weighted by atomic mass is 16.5. The van der Waals surface area contributed by atoms with E-state index in [2.05, 4.69) is 12.2 Å². The molecule has 1 aromatic rings. The molecular weight excluding hydrogens is 228 g/mol. The number of hydrogen-bond acceptors (Lipinski definition) is 4. The van der Waals surface area contributed by atoms with Crippen LogP contribution in [0, 0.1) is 5.92 Å². The fourth-order valence-corrected chi connectivity index (χ4v) is 2.01. The van der Waals surface area contributed by atoms with Crippen molar-refractivity contribution in [2.75, 3.05) is 27.8 Å². The molecule has 0 saturated heterocycles. The molecule has 0 bridgehead atoms. The Kier molecular flexibility index (Phi) is 5.95. The van der Waals surface area contributed by atoms with Crippen molar-refractivity contribution in [1.29, 1.82) is 0 Å². The number of hydrogen-bond donors (Lipinski definition) is 2. The molecule has 1 rings (SSSR count). The first-order valence-corrected chi connectivity index (χ1v) is 6.25. The Balaban J connectivity index is 2.97. The van der Waals surface area contributed by atoms with Crippen molar-refractivity contribution >= 4 is 0 Å². The van der Waals surface area contributed by atoms with Crippen molar-refractivity contribution in [2.45, 2.75) is 19.4 Å². The van der Waals surface area contributed by atoms with Crippen LogP contribution in [0.3, 0.4) is 0 Å². The van der Waals surface area contributed by atoms with E-state index in [1.807, 2.05) is 25.2 Å². The number of ether oxygens (including phenoxy) is 2. The van der Waals surface area contributed by atoms with Crippen molar-refractivity contribution in [3.05, 3.63) is 23.8 Å². The van der Waals surface area contributed by atoms with E-state index in [9.17, 15) is 0 Å². The van der Waals surface area contributed by atoms with Gasteiger partial charge in [-0.15, -0.1) is 0 Å². The van der Waals surface area contributed by atoms with Crippen LogP contribution in [0.15, 0.2) is 18.2 Å². The van der Waals surface area contributed by atoms with Crippen LogP contribution in [0.5, 0.6) is 11.5 Å². The zero-order chi connectivity index (χ0) is 13.5. The maximum atomic E-state index is 5.69. The van der Waals surface area contributed by atoms with Gasteiger partial charge < -0.3 is 20.5 Å². The Bertz CT molecular complexity index is 369. The number of methoxy groups -OCH3 is 2. The zero-order valence-corrected chi connectivity index (χ0v) is 11.7. The highest BCUT2D eigenvalue weighted by molar-refractivity contribution is 5.42. The van der Waals surface area contributed by atoms with Crippen LogP contribution in [-0.2, 0) is 0 Å². The minimum absolute atomic E-state index is 0.240. The molecule has 0 aliphatic rings. The second kappa shape index (κ2) is 7.24. The van der Waals surface area contributed by atoms with E-state index in [0.29, 0.717) is 12.5 Å². The quantitative estimate of drug-likeness (QED) is 0.779. The molecule has 2 unspecified atom stereocenters. The third-order valence-corrected chi connectivity index (χ3v) is 3.20. The summed E-state index contributed by atoms with van der Waals surface area (Å²) < 4.78 is 10.6. The summed E-state index contributed by atoms with van der Waals surface area (Å²) >= 11 is 0. The topological polar surface area (TPSA) is 56.5 Å². The third kappa shape index (κ3) is 3.62. The molecular formula is C14H24N2O2. The van der Waals surface area contributed by atoms with E-state index in [0.717, 1.165) is 23.5 Å². The summed E-state index contributed by atoms with van der Waals surface area (Å²) in [6.07, 6.45) is 0.982. The first kappa shape index (κ1) is 14.8. The third-order valence-electron chi connectivity index (χ3n) is 3.20. The van der Waals surface area contributed by atoms with Crippen molar-refractivity contribution < 1.29 is 9.47 Å². The van der Waals surface area contributed by atoms with Crippen LogP contribution >= 0.6 is 0 Å². The van der Waals surface area contributed by atoms with Gasteiger partial charge in [0.2, 0.25) is 0 Å². The van der Waals surface area contributed by atoms with E-state index in [-0.39, 0.29) is 6.04 Å². The lowest BCUT2D eigenvalue weighted by atomic mass is 9.95. The number of nitrogens with two attached hydrogens (primary N) is 1. The summed E-state index contributed by atoms with van der Waals surface area (Å²) in [6, 6.07) is 6.15. The lowest BCUT2D eigenvalue weighted by molar-refractivity contribution is 0.375. The minimum Gasteiger partial charge on any atom is -0.497 e. The molecule has 4 nitrogen and oxygen atoms in total. The van der Waals surface area contributed by atoms with Crippen LogP contribution in [0.4, 0.5) is 0 Å². The first-order chi connectivity index (χ1) is 8.65. The fraction of sp³-hybridized carbons (Fsp3) is 0.571. The molecule has 0 heterocycles. The SMILES string of the molecule is CNC(CC(C)CN)c1ccc(OC)cc1OC. The van der Waals surface area contributed by atoms with Crippen LogP contribution in [0.2, 0.25) is 0 Å². The Labute approximate surface area is 109 Å². The molecule has 2 atom stereocenters. The average molecular weight is 252 g/mol. The van der Waals surface area contributed by atoms with Crippen molar-refractivity contribution in [2.24, 2.45) is 11.7 Å². The molecule has 0 spiro atoms. The van der Waals surface area contributed by atoms with Gasteiger partial charge in [-0.3, -0.25) is 0 Å². The zero-order valence-electron chi connectivity index (χ0n) is 11.7. The lowest BCUT2D eigenvalue weighted by Crippen LogP contribution is -2.22. The Morgan fingerprint density at radius 1 is 1.28 bits per heavy atom. The van der Waals surface area contributed by atoms with E-state index in [1.165, 1.54) is 0 Å². The molecule has 3 N–H and O–H groups in total. The summed E-state index contributed by atoms with van der Waals surface area (Å²) in [5.74, 6) is 2.12. The smallest absolute Gasteiger partial charge is 0.127 e. The van der Waals surface area contributed by atoms with Gasteiger partial charge in [-0.1, -0.05) is 13.0 Å². The molecule has 18 heavy (non-hydrogen) atoms. The van der Waals surface area contributed by atoms with E-state index >= 15 is 0 Å². The summed E-state index contributed by atoms with van der Waals surface area (Å²) in [5.41, 5.74) is 6.83. The van der Waals surface area contributed by atoms with Crippen molar-refractivity contribution in [3.63, 3.8) is 0 Å². The number of nitrogens with one attached hydrogen (secondary N) is 1. The molecule has 0 radical (unpaired) electrons. The molecule has 1 aromatic carbocycles. The lowest BCUT2D eigenvalue weighted by Gasteiger charge is -2.22. The highest BCUT2D eigenvalue weighted by Crippen LogP contribution is 2.32. The van der Waals surface area contributed by atoms with Gasteiger partial charge in [-0.25, -0.2) is 0 Å². The maximum absolute atomic E-state index is 5.69. The van der Waals surface area contributed by atoms with Crippen LogP contribution < -0.4 is 20.5 Å². The second-order valence-corrected chi connectivity index (χ2v) is 4.53. The molecule has 0 saturated carbocycles. The second-order valence-electron chi connectivity index (χ2n) is 4.53. The van der Waals surface area contributed by atoms with E-state index in [4.69, 9.17) is 15.2 Å². The summed E-state index contributed by atoms with van der Waals surface area (Å²) in [6.45, 7) is 2.84. The van der Waals surface area contributed by atoms with Crippen LogP contribution in [0.1, 0.15) is 24.9 Å². The fourth-order valence-electron chi connectivity index (χ4n) is 2.01. The largest absolute Gasteiger partial charge is 0.497 e. The number of benzene rings is 1. The Morgan fingerprint density at radius 2 is 2.00 bits per heavy atom. The van der Waals surface area contributed by atoms with Crippen molar-refractivity contribution in [3.8, 4) is 11.5 Å². The van der Waals surface area contributed by atoms with E-state index in [1.54, 1.807) is 14.2 Å². The monoisotopic (exact) mass is 252 g/mol. The Morgan fingerprint density at radius 3 is 2.50 bits per heavy atom. The van der Waals surface area contributed by atoms with Gasteiger partial charge in [-0.2, -0.15) is 0 Å². The van der Waals surface area contributed by atoms with E-state index < -0.39 is 0 Å². The summed E-state index contributed by atoms with van der Waals surface area (Å²) in [4.78, 5) is 0. The molecule has 0 aliphatic heterocycles. The summed E-state index contributed by atoms with van der Waals surface area (Å²) in [7, 11) is 5.29. The standard InChI is InChI=1S/C14H24N2O2/c1-10(9-15)7-13(16-2)12-6-5-11(17-3)8-14(12)18-4/h5-6,8,10,13,16H,7,9,15H2,1-4H3. The van der Waals surface area contributed by atoms with Gasteiger partial charge in [0.1, 0.15) is 11.5 Å². The molecule has 0 aliphatic carbocycles. The predicted octanol–water partition coefficient (Wildman–Crippen LogP) is 1.95. The van der Waals surface area contributed by atoms with Crippen LogP contribution in [-0.4, -0.2) is 27.8 Å².